The maximum Gasteiger partial charge on any atom is 0.226 e. The third kappa shape index (κ3) is 3.71. The summed E-state index contributed by atoms with van der Waals surface area (Å²) in [5, 5.41) is 14.1. The molecule has 0 aliphatic carbocycles. The van der Waals surface area contributed by atoms with Gasteiger partial charge in [0, 0.05) is 19.0 Å². The number of aliphatic hydroxyl groups excluding tert-OH is 1. The second kappa shape index (κ2) is 7.10. The van der Waals surface area contributed by atoms with Crippen molar-refractivity contribution < 1.29 is 14.4 Å². The molecule has 0 unspecified atom stereocenters. The van der Waals surface area contributed by atoms with Gasteiger partial charge in [-0.25, -0.2) is 0 Å². The highest BCUT2D eigenvalue weighted by molar-refractivity contribution is 5.31. The predicted molar refractivity (Wildman–Crippen MR) is 85.1 cm³/mol. The summed E-state index contributed by atoms with van der Waals surface area (Å²) in [4.78, 5) is 6.62. The summed E-state index contributed by atoms with van der Waals surface area (Å²) in [7, 11) is 1.66. The third-order valence-electron chi connectivity index (χ3n) is 4.18. The fraction of sp³-hybridized carbons (Fsp3) is 0.529. The van der Waals surface area contributed by atoms with Crippen molar-refractivity contribution in [2.75, 3.05) is 13.7 Å². The zero-order valence-electron chi connectivity index (χ0n) is 13.6. The minimum absolute atomic E-state index is 0.133. The molecule has 2 heterocycles. The van der Waals surface area contributed by atoms with E-state index in [0.717, 1.165) is 24.2 Å². The maximum absolute atomic E-state index is 10.1. The number of benzene rings is 1. The number of hydrogen-bond donors (Lipinski definition) is 1. The summed E-state index contributed by atoms with van der Waals surface area (Å²) in [6.07, 6.45) is 2.14. The Labute approximate surface area is 136 Å². The van der Waals surface area contributed by atoms with Gasteiger partial charge in [-0.2, -0.15) is 4.98 Å². The molecule has 2 atom stereocenters. The predicted octanol–water partition coefficient (Wildman–Crippen LogP) is 2.34. The Morgan fingerprint density at radius 1 is 1.43 bits per heavy atom. The van der Waals surface area contributed by atoms with Crippen LogP contribution in [0.5, 0.6) is 5.75 Å². The molecule has 1 aliphatic rings. The Hall–Kier alpha value is -1.92. The van der Waals surface area contributed by atoms with Gasteiger partial charge in [0.2, 0.25) is 5.89 Å². The lowest BCUT2D eigenvalue weighted by Crippen LogP contribution is -2.25. The first-order valence-corrected chi connectivity index (χ1v) is 8.07. The van der Waals surface area contributed by atoms with Crippen LogP contribution in [0.25, 0.3) is 0 Å². The fourth-order valence-corrected chi connectivity index (χ4v) is 3.10. The van der Waals surface area contributed by atoms with Crippen LogP contribution in [0, 0.1) is 0 Å². The van der Waals surface area contributed by atoms with Crippen LogP contribution >= 0.6 is 0 Å². The molecule has 2 aromatic rings. The summed E-state index contributed by atoms with van der Waals surface area (Å²) >= 11 is 0. The second-order valence-corrected chi connectivity index (χ2v) is 5.97. The molecule has 1 saturated heterocycles. The number of methoxy groups -OCH3 is 1. The van der Waals surface area contributed by atoms with E-state index in [4.69, 9.17) is 9.26 Å². The number of aliphatic hydroxyl groups is 1. The molecule has 0 saturated carbocycles. The highest BCUT2D eigenvalue weighted by Gasteiger charge is 2.33. The van der Waals surface area contributed by atoms with E-state index in [0.29, 0.717) is 31.2 Å². The quantitative estimate of drug-likeness (QED) is 0.882. The van der Waals surface area contributed by atoms with E-state index >= 15 is 0 Å². The lowest BCUT2D eigenvalue weighted by atomic mass is 10.0. The minimum atomic E-state index is -0.340. The first kappa shape index (κ1) is 16.0. The highest BCUT2D eigenvalue weighted by Crippen LogP contribution is 2.34. The molecule has 1 N–H and O–H groups in total. The van der Waals surface area contributed by atoms with Gasteiger partial charge in [0.15, 0.2) is 5.82 Å². The van der Waals surface area contributed by atoms with Gasteiger partial charge in [-0.05, 0) is 30.5 Å². The molecule has 23 heavy (non-hydrogen) atoms. The Morgan fingerprint density at radius 3 is 3.09 bits per heavy atom. The van der Waals surface area contributed by atoms with Crippen LogP contribution in [-0.2, 0) is 13.0 Å². The van der Waals surface area contributed by atoms with Crippen molar-refractivity contribution >= 4 is 0 Å². The number of aromatic nitrogens is 2. The van der Waals surface area contributed by atoms with Crippen LogP contribution in [0.1, 0.15) is 43.1 Å². The van der Waals surface area contributed by atoms with E-state index in [1.54, 1.807) is 7.11 Å². The minimum Gasteiger partial charge on any atom is -0.497 e. The van der Waals surface area contributed by atoms with Crippen molar-refractivity contribution in [3.63, 3.8) is 0 Å². The normalized spacial score (nSPS) is 21.7. The number of aryl methyl sites for hydroxylation is 1. The number of β-amino-alcohol motifs (C(OH)–C–C–N with tert-alkyl or cyclic N) is 1. The van der Waals surface area contributed by atoms with Crippen molar-refractivity contribution in [1.82, 2.24) is 15.0 Å². The molecule has 0 bridgehead atoms. The van der Waals surface area contributed by atoms with Crippen molar-refractivity contribution in [2.24, 2.45) is 0 Å². The van der Waals surface area contributed by atoms with Gasteiger partial charge in [0.05, 0.1) is 19.8 Å². The summed E-state index contributed by atoms with van der Waals surface area (Å²) in [6, 6.07) is 8.12. The summed E-state index contributed by atoms with van der Waals surface area (Å²) < 4.78 is 10.6. The molecule has 0 radical (unpaired) electrons. The number of likely N-dealkylation sites (tertiary alicyclic amines) is 1. The number of hydrogen-bond acceptors (Lipinski definition) is 6. The van der Waals surface area contributed by atoms with Crippen LogP contribution in [-0.4, -0.2) is 39.9 Å². The standard InChI is InChI=1S/C17H23N3O3/c1-3-5-17-18-16(19-23-17)11-20-10-13(21)9-15(20)12-6-4-7-14(8-12)22-2/h4,6-8,13,15,21H,3,5,9-11H2,1-2H3/t13-,15-/m1/s1. The first-order chi connectivity index (χ1) is 11.2. The Morgan fingerprint density at radius 2 is 2.30 bits per heavy atom. The molecule has 1 aromatic carbocycles. The molecular formula is C17H23N3O3. The SMILES string of the molecule is CCCc1nc(CN2C[C@H](O)C[C@@H]2c2cccc(OC)c2)no1. The van der Waals surface area contributed by atoms with E-state index in [-0.39, 0.29) is 12.1 Å². The lowest BCUT2D eigenvalue weighted by molar-refractivity contribution is 0.170. The van der Waals surface area contributed by atoms with Crippen molar-refractivity contribution in [3.05, 3.63) is 41.5 Å². The van der Waals surface area contributed by atoms with Crippen molar-refractivity contribution in [3.8, 4) is 5.75 Å². The zero-order chi connectivity index (χ0) is 16.2. The Kier molecular flexibility index (Phi) is 4.93. The van der Waals surface area contributed by atoms with Crippen LogP contribution in [0.3, 0.4) is 0 Å². The van der Waals surface area contributed by atoms with E-state index in [2.05, 4.69) is 28.0 Å². The van der Waals surface area contributed by atoms with E-state index in [1.807, 2.05) is 18.2 Å². The monoisotopic (exact) mass is 317 g/mol. The number of rotatable bonds is 6. The Balaban J connectivity index is 1.76. The van der Waals surface area contributed by atoms with Gasteiger partial charge in [-0.1, -0.05) is 24.2 Å². The average Bonchev–Trinajstić information content (AvgIpc) is 3.15. The fourth-order valence-electron chi connectivity index (χ4n) is 3.10. The summed E-state index contributed by atoms with van der Waals surface area (Å²) in [6.45, 7) is 3.27. The number of nitrogens with zero attached hydrogens (tertiary/aromatic N) is 3. The van der Waals surface area contributed by atoms with Crippen molar-refractivity contribution in [1.29, 1.82) is 0 Å². The molecule has 1 aromatic heterocycles. The molecule has 1 aliphatic heterocycles. The molecule has 0 amide bonds. The van der Waals surface area contributed by atoms with Gasteiger partial charge < -0.3 is 14.4 Å². The summed E-state index contributed by atoms with van der Waals surface area (Å²) in [5.74, 6) is 2.18. The van der Waals surface area contributed by atoms with Gasteiger partial charge in [0.1, 0.15) is 5.75 Å². The maximum atomic E-state index is 10.1. The third-order valence-corrected chi connectivity index (χ3v) is 4.18. The highest BCUT2D eigenvalue weighted by atomic mass is 16.5. The van der Waals surface area contributed by atoms with Gasteiger partial charge >= 0.3 is 0 Å². The van der Waals surface area contributed by atoms with E-state index in [1.165, 1.54) is 0 Å². The molecule has 1 fully saturated rings. The molecule has 3 rings (SSSR count). The van der Waals surface area contributed by atoms with Crippen molar-refractivity contribution in [2.45, 2.75) is 44.9 Å². The van der Waals surface area contributed by atoms with Crippen LogP contribution in [0.15, 0.2) is 28.8 Å². The number of ether oxygens (including phenoxy) is 1. The van der Waals surface area contributed by atoms with E-state index < -0.39 is 0 Å². The molecule has 6 nitrogen and oxygen atoms in total. The lowest BCUT2D eigenvalue weighted by Gasteiger charge is -2.23. The Bertz CT molecular complexity index is 644. The smallest absolute Gasteiger partial charge is 0.226 e. The molecular weight excluding hydrogens is 294 g/mol. The molecule has 124 valence electrons. The molecule has 6 heteroatoms. The van der Waals surface area contributed by atoms with Crippen LogP contribution in [0.4, 0.5) is 0 Å². The topological polar surface area (TPSA) is 71.6 Å². The van der Waals surface area contributed by atoms with Crippen LogP contribution in [0.2, 0.25) is 0 Å². The van der Waals surface area contributed by atoms with Gasteiger partial charge in [0.25, 0.3) is 0 Å². The summed E-state index contributed by atoms with van der Waals surface area (Å²) in [5.41, 5.74) is 1.14. The zero-order valence-corrected chi connectivity index (χ0v) is 13.6. The van der Waals surface area contributed by atoms with Gasteiger partial charge in [-0.15, -0.1) is 0 Å². The van der Waals surface area contributed by atoms with Crippen LogP contribution < -0.4 is 4.74 Å². The average molecular weight is 317 g/mol. The molecule has 0 spiro atoms. The first-order valence-electron chi connectivity index (χ1n) is 8.07. The largest absolute Gasteiger partial charge is 0.497 e. The second-order valence-electron chi connectivity index (χ2n) is 5.97. The van der Waals surface area contributed by atoms with E-state index in [9.17, 15) is 5.11 Å². The van der Waals surface area contributed by atoms with Gasteiger partial charge in [-0.3, -0.25) is 4.90 Å².